The largest absolute Gasteiger partial charge is 0.506 e. The van der Waals surface area contributed by atoms with Crippen LogP contribution in [0.4, 0.5) is 0 Å². The SMILES string of the molecule is O=C(NCCCN1CCOCC1)c1ccc(O)c(Cl)c1. The highest BCUT2D eigenvalue weighted by atomic mass is 35.5. The summed E-state index contributed by atoms with van der Waals surface area (Å²) >= 11 is 5.77. The number of nitrogens with zero attached hydrogens (tertiary/aromatic N) is 1. The smallest absolute Gasteiger partial charge is 0.251 e. The Hall–Kier alpha value is -1.30. The van der Waals surface area contributed by atoms with E-state index < -0.39 is 0 Å². The molecule has 1 aliphatic rings. The monoisotopic (exact) mass is 298 g/mol. The first-order valence-electron chi connectivity index (χ1n) is 6.73. The summed E-state index contributed by atoms with van der Waals surface area (Å²) in [5.41, 5.74) is 0.458. The number of rotatable bonds is 5. The average molecular weight is 299 g/mol. The van der Waals surface area contributed by atoms with Crippen LogP contribution < -0.4 is 5.32 Å². The van der Waals surface area contributed by atoms with Crippen LogP contribution in [-0.2, 0) is 4.74 Å². The summed E-state index contributed by atoms with van der Waals surface area (Å²) in [5, 5.41) is 12.3. The van der Waals surface area contributed by atoms with Gasteiger partial charge in [-0.05, 0) is 31.2 Å². The predicted molar refractivity (Wildman–Crippen MR) is 77.3 cm³/mol. The Kier molecular flexibility index (Phi) is 5.64. The molecule has 0 spiro atoms. The van der Waals surface area contributed by atoms with Crippen molar-refractivity contribution in [2.45, 2.75) is 6.42 Å². The highest BCUT2D eigenvalue weighted by Gasteiger charge is 2.10. The summed E-state index contributed by atoms with van der Waals surface area (Å²) in [6, 6.07) is 4.44. The number of phenolic OH excluding ortho intramolecular Hbond substituents is 1. The first-order chi connectivity index (χ1) is 9.66. The van der Waals surface area contributed by atoms with E-state index in [0.29, 0.717) is 12.1 Å². The minimum absolute atomic E-state index is 0.0180. The number of ether oxygens (including phenoxy) is 1. The number of aromatic hydroxyl groups is 1. The van der Waals surface area contributed by atoms with Crippen LogP contribution in [-0.4, -0.2) is 55.3 Å². The summed E-state index contributed by atoms with van der Waals surface area (Å²) in [6.07, 6.45) is 0.900. The number of hydrogen-bond acceptors (Lipinski definition) is 4. The first kappa shape index (κ1) is 15.1. The zero-order valence-electron chi connectivity index (χ0n) is 11.3. The molecule has 2 rings (SSSR count). The van der Waals surface area contributed by atoms with Crippen molar-refractivity contribution in [2.24, 2.45) is 0 Å². The van der Waals surface area contributed by atoms with Crippen LogP contribution in [0.2, 0.25) is 5.02 Å². The maximum Gasteiger partial charge on any atom is 0.251 e. The Morgan fingerprint density at radius 3 is 2.85 bits per heavy atom. The summed E-state index contributed by atoms with van der Waals surface area (Å²) in [4.78, 5) is 14.2. The number of amides is 1. The Labute approximate surface area is 123 Å². The zero-order valence-corrected chi connectivity index (χ0v) is 12.0. The van der Waals surface area contributed by atoms with Gasteiger partial charge in [-0.15, -0.1) is 0 Å². The number of carbonyl (C=O) groups excluding carboxylic acids is 1. The molecule has 0 unspecified atom stereocenters. The molecule has 0 bridgehead atoms. The molecular weight excluding hydrogens is 280 g/mol. The van der Waals surface area contributed by atoms with Gasteiger partial charge in [0.15, 0.2) is 0 Å². The van der Waals surface area contributed by atoms with Crippen molar-refractivity contribution in [1.82, 2.24) is 10.2 Å². The van der Waals surface area contributed by atoms with Crippen LogP contribution >= 0.6 is 11.6 Å². The minimum Gasteiger partial charge on any atom is -0.506 e. The number of morpholine rings is 1. The fourth-order valence-electron chi connectivity index (χ4n) is 2.08. The van der Waals surface area contributed by atoms with Gasteiger partial charge in [0.1, 0.15) is 5.75 Å². The number of carbonyl (C=O) groups is 1. The van der Waals surface area contributed by atoms with Crippen molar-refractivity contribution in [3.63, 3.8) is 0 Å². The molecule has 1 aliphatic heterocycles. The van der Waals surface area contributed by atoms with Gasteiger partial charge >= 0.3 is 0 Å². The third-order valence-electron chi connectivity index (χ3n) is 3.25. The van der Waals surface area contributed by atoms with Gasteiger partial charge in [-0.3, -0.25) is 9.69 Å². The van der Waals surface area contributed by atoms with E-state index in [9.17, 15) is 9.90 Å². The van der Waals surface area contributed by atoms with Crippen molar-refractivity contribution in [3.05, 3.63) is 28.8 Å². The molecule has 0 aliphatic carbocycles. The highest BCUT2D eigenvalue weighted by molar-refractivity contribution is 6.32. The molecule has 0 aromatic heterocycles. The Morgan fingerprint density at radius 2 is 2.15 bits per heavy atom. The Bertz CT molecular complexity index is 462. The van der Waals surface area contributed by atoms with Gasteiger partial charge in [-0.25, -0.2) is 0 Å². The number of benzene rings is 1. The summed E-state index contributed by atoms with van der Waals surface area (Å²) in [5.74, 6) is -0.190. The fraction of sp³-hybridized carbons (Fsp3) is 0.500. The van der Waals surface area contributed by atoms with Crippen LogP contribution in [0.25, 0.3) is 0 Å². The van der Waals surface area contributed by atoms with Crippen molar-refractivity contribution in [1.29, 1.82) is 0 Å². The molecule has 1 saturated heterocycles. The molecule has 6 heteroatoms. The lowest BCUT2D eigenvalue weighted by Crippen LogP contribution is -2.38. The van der Waals surface area contributed by atoms with Crippen molar-refractivity contribution >= 4 is 17.5 Å². The number of nitrogens with one attached hydrogen (secondary N) is 1. The van der Waals surface area contributed by atoms with Gasteiger partial charge in [-0.2, -0.15) is 0 Å². The standard InChI is InChI=1S/C14H19ClN2O3/c15-12-10-11(2-3-13(12)18)14(19)16-4-1-5-17-6-8-20-9-7-17/h2-3,10,18H,1,4-9H2,(H,16,19). The lowest BCUT2D eigenvalue weighted by Gasteiger charge is -2.26. The zero-order chi connectivity index (χ0) is 14.4. The summed E-state index contributed by atoms with van der Waals surface area (Å²) in [6.45, 7) is 5.08. The van der Waals surface area contributed by atoms with E-state index >= 15 is 0 Å². The molecular formula is C14H19ClN2O3. The highest BCUT2D eigenvalue weighted by Crippen LogP contribution is 2.23. The lowest BCUT2D eigenvalue weighted by atomic mass is 10.2. The predicted octanol–water partition coefficient (Wildman–Crippen LogP) is 1.50. The quantitative estimate of drug-likeness (QED) is 0.809. The second-order valence-corrected chi connectivity index (χ2v) is 5.14. The molecule has 110 valence electrons. The van der Waals surface area contributed by atoms with Gasteiger partial charge in [0.25, 0.3) is 5.91 Å². The summed E-state index contributed by atoms with van der Waals surface area (Å²) < 4.78 is 5.28. The van der Waals surface area contributed by atoms with Crippen LogP contribution in [0.15, 0.2) is 18.2 Å². The Morgan fingerprint density at radius 1 is 1.40 bits per heavy atom. The van der Waals surface area contributed by atoms with Crippen molar-refractivity contribution in [2.75, 3.05) is 39.4 Å². The normalized spacial score (nSPS) is 16.1. The molecule has 20 heavy (non-hydrogen) atoms. The van der Waals surface area contributed by atoms with E-state index in [1.54, 1.807) is 6.07 Å². The average Bonchev–Trinajstić information content (AvgIpc) is 2.47. The van der Waals surface area contributed by atoms with Crippen LogP contribution in [0, 0.1) is 0 Å². The molecule has 0 atom stereocenters. The maximum absolute atomic E-state index is 11.9. The minimum atomic E-state index is -0.172. The first-order valence-corrected chi connectivity index (χ1v) is 7.11. The second-order valence-electron chi connectivity index (χ2n) is 4.73. The van der Waals surface area contributed by atoms with Gasteiger partial charge in [0.2, 0.25) is 0 Å². The van der Waals surface area contributed by atoms with E-state index in [4.69, 9.17) is 16.3 Å². The van der Waals surface area contributed by atoms with Crippen molar-refractivity contribution in [3.8, 4) is 5.75 Å². The number of phenols is 1. The van der Waals surface area contributed by atoms with E-state index in [1.807, 2.05) is 0 Å². The lowest BCUT2D eigenvalue weighted by molar-refractivity contribution is 0.0374. The van der Waals surface area contributed by atoms with E-state index in [-0.39, 0.29) is 16.7 Å². The van der Waals surface area contributed by atoms with E-state index in [2.05, 4.69) is 10.2 Å². The molecule has 1 aromatic carbocycles. The molecule has 0 saturated carbocycles. The van der Waals surface area contributed by atoms with E-state index in [1.165, 1.54) is 12.1 Å². The van der Waals surface area contributed by atoms with Crippen LogP contribution in [0.5, 0.6) is 5.75 Å². The molecule has 0 radical (unpaired) electrons. The maximum atomic E-state index is 11.9. The van der Waals surface area contributed by atoms with Gasteiger partial charge in [0.05, 0.1) is 18.2 Å². The number of hydrogen-bond donors (Lipinski definition) is 2. The Balaban J connectivity index is 1.70. The molecule has 1 amide bonds. The molecule has 1 aromatic rings. The van der Waals surface area contributed by atoms with E-state index in [0.717, 1.165) is 39.3 Å². The van der Waals surface area contributed by atoms with Crippen LogP contribution in [0.1, 0.15) is 16.8 Å². The third kappa shape index (κ3) is 4.37. The molecule has 5 nitrogen and oxygen atoms in total. The number of halogens is 1. The van der Waals surface area contributed by atoms with Crippen LogP contribution in [0.3, 0.4) is 0 Å². The molecule has 1 heterocycles. The molecule has 1 fully saturated rings. The fourth-order valence-corrected chi connectivity index (χ4v) is 2.26. The van der Waals surface area contributed by atoms with Gasteiger partial charge in [-0.1, -0.05) is 11.6 Å². The second kappa shape index (κ2) is 7.47. The molecule has 2 N–H and O–H groups in total. The van der Waals surface area contributed by atoms with Gasteiger partial charge in [0, 0.05) is 25.2 Å². The van der Waals surface area contributed by atoms with Crippen molar-refractivity contribution < 1.29 is 14.6 Å². The third-order valence-corrected chi connectivity index (χ3v) is 3.55. The summed E-state index contributed by atoms with van der Waals surface area (Å²) in [7, 11) is 0. The topological polar surface area (TPSA) is 61.8 Å². The van der Waals surface area contributed by atoms with Gasteiger partial charge < -0.3 is 15.2 Å².